The van der Waals surface area contributed by atoms with E-state index >= 15 is 0 Å². The summed E-state index contributed by atoms with van der Waals surface area (Å²) in [6, 6.07) is 12.8. The van der Waals surface area contributed by atoms with E-state index in [1.54, 1.807) is 37.3 Å². The molecule has 0 spiro atoms. The van der Waals surface area contributed by atoms with Gasteiger partial charge < -0.3 is 15.4 Å². The summed E-state index contributed by atoms with van der Waals surface area (Å²) < 4.78 is 5.92. The van der Waals surface area contributed by atoms with E-state index in [-0.39, 0.29) is 5.91 Å². The summed E-state index contributed by atoms with van der Waals surface area (Å²) in [6.45, 7) is 0.467. The molecule has 21 heavy (non-hydrogen) atoms. The van der Waals surface area contributed by atoms with Crippen LogP contribution in [0.1, 0.15) is 15.9 Å². The number of anilines is 1. The molecule has 2 rings (SSSR count). The smallest absolute Gasteiger partial charge is 0.253 e. The number of amides is 1. The summed E-state index contributed by atoms with van der Waals surface area (Å²) in [5.41, 5.74) is 8.12. The highest BCUT2D eigenvalue weighted by Gasteiger charge is 2.14. The Balaban J connectivity index is 2.16. The monoisotopic (exact) mass is 348 g/mol. The van der Waals surface area contributed by atoms with Crippen molar-refractivity contribution in [3.8, 4) is 5.75 Å². The number of ether oxygens (including phenoxy) is 1. The highest BCUT2D eigenvalue weighted by Crippen LogP contribution is 2.26. The number of nitrogen functional groups attached to an aromatic ring is 1. The van der Waals surface area contributed by atoms with Gasteiger partial charge in [-0.25, -0.2) is 0 Å². The molecule has 1 amide bonds. The average Bonchev–Trinajstić information content (AvgIpc) is 2.48. The Morgan fingerprint density at radius 1 is 1.29 bits per heavy atom. The van der Waals surface area contributed by atoms with Crippen LogP contribution in [-0.4, -0.2) is 25.0 Å². The van der Waals surface area contributed by atoms with E-state index in [4.69, 9.17) is 10.5 Å². The predicted molar refractivity (Wildman–Crippen MR) is 87.3 cm³/mol. The van der Waals surface area contributed by atoms with Gasteiger partial charge in [-0.05, 0) is 45.8 Å². The fourth-order valence-corrected chi connectivity index (χ4v) is 2.57. The van der Waals surface area contributed by atoms with Crippen LogP contribution in [0.25, 0.3) is 0 Å². The van der Waals surface area contributed by atoms with Gasteiger partial charge in [-0.2, -0.15) is 0 Å². The first-order valence-electron chi connectivity index (χ1n) is 6.45. The van der Waals surface area contributed by atoms with E-state index in [9.17, 15) is 4.79 Å². The van der Waals surface area contributed by atoms with Crippen molar-refractivity contribution >= 4 is 27.5 Å². The Labute approximate surface area is 132 Å². The van der Waals surface area contributed by atoms with Crippen LogP contribution in [0.4, 0.5) is 5.69 Å². The first-order chi connectivity index (χ1) is 10.0. The number of nitrogens with zero attached hydrogens (tertiary/aromatic N) is 1. The molecular formula is C16H17BrN2O2. The molecule has 0 fully saturated rings. The quantitative estimate of drug-likeness (QED) is 0.862. The zero-order chi connectivity index (χ0) is 15.4. The lowest BCUT2D eigenvalue weighted by molar-refractivity contribution is 0.0785. The van der Waals surface area contributed by atoms with Crippen molar-refractivity contribution < 1.29 is 9.53 Å². The SMILES string of the molecule is COc1ccc(C(=O)N(C)Cc2ccccc2N)cc1Br. The van der Waals surface area contributed by atoms with Gasteiger partial charge in [0, 0.05) is 24.8 Å². The second-order valence-corrected chi connectivity index (χ2v) is 5.56. The van der Waals surface area contributed by atoms with E-state index in [2.05, 4.69) is 15.9 Å². The summed E-state index contributed by atoms with van der Waals surface area (Å²) in [5.74, 6) is 0.628. The number of halogens is 1. The molecule has 0 atom stereocenters. The van der Waals surface area contributed by atoms with Gasteiger partial charge >= 0.3 is 0 Å². The minimum Gasteiger partial charge on any atom is -0.496 e. The maximum atomic E-state index is 12.4. The fourth-order valence-electron chi connectivity index (χ4n) is 2.03. The standard InChI is InChI=1S/C16H17BrN2O2/c1-19(10-12-5-3-4-6-14(12)18)16(20)11-7-8-15(21-2)13(17)9-11/h3-9H,10,18H2,1-2H3. The average molecular weight is 349 g/mol. The lowest BCUT2D eigenvalue weighted by atomic mass is 10.1. The molecule has 0 aliphatic carbocycles. The molecule has 0 unspecified atom stereocenters. The minimum absolute atomic E-state index is 0.0680. The van der Waals surface area contributed by atoms with Crippen molar-refractivity contribution in [2.75, 3.05) is 19.9 Å². The number of nitrogens with two attached hydrogens (primary N) is 1. The van der Waals surface area contributed by atoms with Crippen LogP contribution in [0.15, 0.2) is 46.9 Å². The maximum absolute atomic E-state index is 12.4. The molecule has 0 heterocycles. The van der Waals surface area contributed by atoms with Crippen molar-refractivity contribution in [2.45, 2.75) is 6.54 Å². The minimum atomic E-state index is -0.0680. The van der Waals surface area contributed by atoms with Gasteiger partial charge in [-0.1, -0.05) is 18.2 Å². The van der Waals surface area contributed by atoms with Gasteiger partial charge in [0.1, 0.15) is 5.75 Å². The van der Waals surface area contributed by atoms with Crippen LogP contribution in [-0.2, 0) is 6.54 Å². The van der Waals surface area contributed by atoms with E-state index in [0.29, 0.717) is 23.5 Å². The zero-order valence-corrected chi connectivity index (χ0v) is 13.6. The van der Waals surface area contributed by atoms with Crippen molar-refractivity contribution in [3.63, 3.8) is 0 Å². The highest BCUT2D eigenvalue weighted by atomic mass is 79.9. The third kappa shape index (κ3) is 3.55. The van der Waals surface area contributed by atoms with Gasteiger partial charge in [-0.15, -0.1) is 0 Å². The number of hydrogen-bond donors (Lipinski definition) is 1. The fraction of sp³-hybridized carbons (Fsp3) is 0.188. The van der Waals surface area contributed by atoms with Gasteiger partial charge in [-0.3, -0.25) is 4.79 Å². The molecule has 0 aliphatic rings. The number of rotatable bonds is 4. The largest absolute Gasteiger partial charge is 0.496 e. The molecule has 0 bridgehead atoms. The first-order valence-corrected chi connectivity index (χ1v) is 7.24. The molecule has 2 aromatic carbocycles. The van der Waals surface area contributed by atoms with Crippen LogP contribution >= 0.6 is 15.9 Å². The number of para-hydroxylation sites is 1. The van der Waals surface area contributed by atoms with Crippen molar-refractivity contribution in [3.05, 3.63) is 58.1 Å². The number of hydrogen-bond acceptors (Lipinski definition) is 3. The second kappa shape index (κ2) is 6.63. The predicted octanol–water partition coefficient (Wildman–Crippen LogP) is 3.31. The van der Waals surface area contributed by atoms with Crippen molar-refractivity contribution in [2.24, 2.45) is 0 Å². The lowest BCUT2D eigenvalue weighted by Gasteiger charge is -2.19. The topological polar surface area (TPSA) is 55.6 Å². The zero-order valence-electron chi connectivity index (χ0n) is 12.0. The summed E-state index contributed by atoms with van der Waals surface area (Å²) in [4.78, 5) is 14.1. The molecule has 0 aliphatic heterocycles. The van der Waals surface area contributed by atoms with Crippen LogP contribution in [0.3, 0.4) is 0 Å². The molecule has 4 nitrogen and oxygen atoms in total. The Bertz CT molecular complexity index is 658. The molecule has 2 aromatic rings. The molecular weight excluding hydrogens is 332 g/mol. The Morgan fingerprint density at radius 2 is 2.00 bits per heavy atom. The number of methoxy groups -OCH3 is 1. The van der Waals surface area contributed by atoms with Crippen molar-refractivity contribution in [1.82, 2.24) is 4.90 Å². The van der Waals surface area contributed by atoms with E-state index in [0.717, 1.165) is 10.0 Å². The van der Waals surface area contributed by atoms with Gasteiger partial charge in [0.15, 0.2) is 0 Å². The molecule has 0 aromatic heterocycles. The number of benzene rings is 2. The number of carbonyl (C=O) groups is 1. The molecule has 0 saturated carbocycles. The summed E-state index contributed by atoms with van der Waals surface area (Å²) in [7, 11) is 3.35. The van der Waals surface area contributed by atoms with Crippen LogP contribution in [0.2, 0.25) is 0 Å². The van der Waals surface area contributed by atoms with Gasteiger partial charge in [0.2, 0.25) is 0 Å². The number of carbonyl (C=O) groups excluding carboxylic acids is 1. The van der Waals surface area contributed by atoms with Crippen LogP contribution in [0.5, 0.6) is 5.75 Å². The summed E-state index contributed by atoms with van der Waals surface area (Å²) in [5, 5.41) is 0. The van der Waals surface area contributed by atoms with Crippen molar-refractivity contribution in [1.29, 1.82) is 0 Å². The summed E-state index contributed by atoms with van der Waals surface area (Å²) in [6.07, 6.45) is 0. The Kier molecular flexibility index (Phi) is 4.85. The maximum Gasteiger partial charge on any atom is 0.253 e. The normalized spacial score (nSPS) is 10.2. The van der Waals surface area contributed by atoms with Crippen LogP contribution < -0.4 is 10.5 Å². The van der Waals surface area contributed by atoms with Gasteiger partial charge in [0.25, 0.3) is 5.91 Å². The van der Waals surface area contributed by atoms with Gasteiger partial charge in [0.05, 0.1) is 11.6 Å². The second-order valence-electron chi connectivity index (χ2n) is 4.71. The molecule has 5 heteroatoms. The van der Waals surface area contributed by atoms with E-state index in [1.165, 1.54) is 0 Å². The van der Waals surface area contributed by atoms with E-state index < -0.39 is 0 Å². The highest BCUT2D eigenvalue weighted by molar-refractivity contribution is 9.10. The first kappa shape index (κ1) is 15.4. The van der Waals surface area contributed by atoms with E-state index in [1.807, 2.05) is 24.3 Å². The molecule has 110 valence electrons. The molecule has 2 N–H and O–H groups in total. The Morgan fingerprint density at radius 3 is 2.62 bits per heavy atom. The molecule has 0 saturated heterocycles. The van der Waals surface area contributed by atoms with Crippen LogP contribution in [0, 0.1) is 0 Å². The third-order valence-electron chi connectivity index (χ3n) is 3.21. The molecule has 0 radical (unpaired) electrons. The third-order valence-corrected chi connectivity index (χ3v) is 3.83. The Hall–Kier alpha value is -2.01. The summed E-state index contributed by atoms with van der Waals surface area (Å²) >= 11 is 3.39. The lowest BCUT2D eigenvalue weighted by Crippen LogP contribution is -2.26.